The number of oxime groups is 1. The fourth-order valence-corrected chi connectivity index (χ4v) is 6.57. The number of β-lactam (4-membered cyclic amide) rings is 1. The molecule has 1 aromatic heterocycles. The van der Waals surface area contributed by atoms with Crippen LogP contribution in [0.15, 0.2) is 27.9 Å². The largest absolute Gasteiger partial charge is 0.503 e. The number of ether oxygens (including phenoxy) is 1. The van der Waals surface area contributed by atoms with Gasteiger partial charge < -0.3 is 35.9 Å². The summed E-state index contributed by atoms with van der Waals surface area (Å²) in [5, 5.41) is 36.7. The molecular weight excluding hydrogens is 673 g/mol. The number of carboxylic acid groups (broad SMARTS) is 1. The van der Waals surface area contributed by atoms with Gasteiger partial charge in [-0.1, -0.05) is 28.4 Å². The second kappa shape index (κ2) is 12.6. The molecule has 0 spiro atoms. The highest BCUT2D eigenvalue weighted by atomic mass is 35.5. The lowest BCUT2D eigenvalue weighted by Crippen LogP contribution is -2.71. The van der Waals surface area contributed by atoms with Crippen molar-refractivity contribution in [3.63, 3.8) is 0 Å². The molecule has 1 aromatic carbocycles. The molecule has 0 bridgehead atoms. The van der Waals surface area contributed by atoms with Crippen molar-refractivity contribution in [2.24, 2.45) is 5.16 Å². The smallest absolute Gasteiger partial charge is 0.353 e. The highest BCUT2D eigenvalue weighted by Crippen LogP contribution is 2.45. The van der Waals surface area contributed by atoms with E-state index in [1.165, 1.54) is 37.1 Å². The predicted octanol–water partition coefficient (Wildman–Crippen LogP) is 3.27. The van der Waals surface area contributed by atoms with E-state index in [0.717, 1.165) is 16.2 Å². The van der Waals surface area contributed by atoms with Gasteiger partial charge in [0.2, 0.25) is 5.60 Å². The third-order valence-electron chi connectivity index (χ3n) is 6.42. The lowest BCUT2D eigenvalue weighted by molar-refractivity contribution is -0.179. The Labute approximate surface area is 275 Å². The first-order valence-electron chi connectivity index (χ1n) is 13.1. The number of hydrogen-bond donors (Lipinski definition) is 5. The van der Waals surface area contributed by atoms with Gasteiger partial charge in [-0.05, 0) is 58.2 Å². The van der Waals surface area contributed by atoms with E-state index >= 15 is 0 Å². The molecule has 2 aromatic rings. The van der Waals surface area contributed by atoms with E-state index in [4.69, 9.17) is 38.5 Å². The molecule has 2 amide bonds. The number of aliphatic carboxylic acids is 1. The molecule has 2 atom stereocenters. The molecule has 6 N–H and O–H groups in total. The van der Waals surface area contributed by atoms with Gasteiger partial charge in [-0.15, -0.1) is 23.1 Å². The number of thiazole rings is 1. The molecule has 0 radical (unpaired) electrons. The maximum Gasteiger partial charge on any atom is 0.353 e. The number of aromatic nitrogens is 1. The van der Waals surface area contributed by atoms with Gasteiger partial charge in [-0.3, -0.25) is 14.5 Å². The van der Waals surface area contributed by atoms with Crippen LogP contribution in [0, 0.1) is 0 Å². The number of esters is 1. The molecule has 0 aliphatic carbocycles. The van der Waals surface area contributed by atoms with Crippen LogP contribution < -0.4 is 11.1 Å². The molecule has 45 heavy (non-hydrogen) atoms. The zero-order valence-electron chi connectivity index (χ0n) is 24.5. The third kappa shape index (κ3) is 7.08. The van der Waals surface area contributed by atoms with Crippen molar-refractivity contribution in [1.29, 1.82) is 0 Å². The van der Waals surface area contributed by atoms with Crippen molar-refractivity contribution in [2.75, 3.05) is 11.5 Å². The molecule has 1 unspecified atom stereocenters. The average Bonchev–Trinajstić information content (AvgIpc) is 3.37. The average molecular weight is 703 g/mol. The number of carbonyl (C=O) groups is 4. The summed E-state index contributed by atoms with van der Waals surface area (Å²) in [6.45, 7) is 7.85. The number of nitrogen functional groups attached to an aromatic ring is 1. The fourth-order valence-electron chi connectivity index (χ4n) is 4.24. The molecule has 2 aliphatic heterocycles. The highest BCUT2D eigenvalue weighted by molar-refractivity contribution is 8.00. The Balaban J connectivity index is 1.57. The summed E-state index contributed by atoms with van der Waals surface area (Å²) in [6, 6.07) is 0.149. The van der Waals surface area contributed by atoms with Crippen molar-refractivity contribution in [2.45, 2.75) is 63.7 Å². The Bertz CT molecular complexity index is 1650. The Morgan fingerprint density at radius 2 is 1.87 bits per heavy atom. The first kappa shape index (κ1) is 34.1. The summed E-state index contributed by atoms with van der Waals surface area (Å²) in [6.07, 6.45) is -0.0959. The van der Waals surface area contributed by atoms with Crippen molar-refractivity contribution in [3.8, 4) is 11.5 Å². The summed E-state index contributed by atoms with van der Waals surface area (Å²) in [5.74, 6) is -4.87. The van der Waals surface area contributed by atoms with Gasteiger partial charge in [0, 0.05) is 11.1 Å². The molecule has 3 heterocycles. The minimum absolute atomic E-state index is 0.0241. The van der Waals surface area contributed by atoms with Gasteiger partial charge in [-0.2, -0.15) is 0 Å². The standard InChI is InChI=1S/C27H29Cl2N5O9S2/c1-26(2,3)42-24(41)27(4,5)43-33-15(13-9-45-25(30)31-13)20(37)32-16-21(38)34-17(23(39)40)11(8-44-22(16)34)6-10-7-12(28)18(35)19(36)14(10)29/h7,9,16,22,35-36H,6,8H2,1-5H3,(H2,30,31)(H,32,37)(H,39,40)/t16?,22-/m0/s1. The second-order valence-electron chi connectivity index (χ2n) is 11.4. The number of nitrogens with one attached hydrogen (secondary N) is 1. The van der Waals surface area contributed by atoms with Crippen LogP contribution in [0.4, 0.5) is 5.13 Å². The number of nitrogens with zero attached hydrogens (tertiary/aromatic N) is 3. The molecular formula is C27H29Cl2N5O9S2. The maximum atomic E-state index is 13.4. The summed E-state index contributed by atoms with van der Waals surface area (Å²) in [4.78, 5) is 62.2. The molecule has 18 heteroatoms. The number of phenolic OH excluding ortho intramolecular Hbond substituents is 2. The van der Waals surface area contributed by atoms with Crippen LogP contribution in [0.5, 0.6) is 11.5 Å². The topological polar surface area (TPSA) is 214 Å². The SMILES string of the molecule is CC(C)(C)OC(=O)C(C)(C)ON=C(C(=O)NC1C(=O)N2C(C(=O)O)=C(Cc3cc(Cl)c(O)c(O)c3Cl)CS[C@@H]12)c1csc(N)n1. The lowest BCUT2D eigenvalue weighted by Gasteiger charge is -2.49. The second-order valence-corrected chi connectivity index (χ2v) is 14.2. The van der Waals surface area contributed by atoms with Crippen LogP contribution >= 0.6 is 46.3 Å². The van der Waals surface area contributed by atoms with Gasteiger partial charge in [0.25, 0.3) is 11.8 Å². The van der Waals surface area contributed by atoms with E-state index in [2.05, 4.69) is 15.5 Å². The van der Waals surface area contributed by atoms with Crippen molar-refractivity contribution >= 4 is 80.9 Å². The maximum absolute atomic E-state index is 13.4. The molecule has 1 fully saturated rings. The molecule has 14 nitrogen and oxygen atoms in total. The van der Waals surface area contributed by atoms with Crippen LogP contribution in [0.25, 0.3) is 0 Å². The Morgan fingerprint density at radius 1 is 1.20 bits per heavy atom. The van der Waals surface area contributed by atoms with E-state index < -0.39 is 57.9 Å². The Morgan fingerprint density at radius 3 is 2.44 bits per heavy atom. The monoisotopic (exact) mass is 701 g/mol. The first-order chi connectivity index (χ1) is 20.8. The summed E-state index contributed by atoms with van der Waals surface area (Å²) < 4.78 is 5.36. The number of anilines is 1. The summed E-state index contributed by atoms with van der Waals surface area (Å²) >= 11 is 14.3. The quantitative estimate of drug-likeness (QED) is 0.0838. The summed E-state index contributed by atoms with van der Waals surface area (Å²) in [7, 11) is 0. The van der Waals surface area contributed by atoms with Crippen molar-refractivity contribution < 1.29 is 44.1 Å². The van der Waals surface area contributed by atoms with Gasteiger partial charge in [0.05, 0.1) is 10.0 Å². The predicted molar refractivity (Wildman–Crippen MR) is 167 cm³/mol. The number of hydrogen-bond acceptors (Lipinski definition) is 13. The number of thioether (sulfide) groups is 1. The van der Waals surface area contributed by atoms with Crippen LogP contribution in [0.1, 0.15) is 45.9 Å². The highest BCUT2D eigenvalue weighted by Gasteiger charge is 2.54. The van der Waals surface area contributed by atoms with Gasteiger partial charge >= 0.3 is 11.9 Å². The van der Waals surface area contributed by atoms with Gasteiger partial charge in [0.15, 0.2) is 22.3 Å². The molecule has 2 aliphatic rings. The zero-order chi connectivity index (χ0) is 33.6. The van der Waals surface area contributed by atoms with Crippen molar-refractivity contribution in [3.05, 3.63) is 44.0 Å². The number of halogens is 2. The molecule has 1 saturated heterocycles. The first-order valence-corrected chi connectivity index (χ1v) is 15.8. The van der Waals surface area contributed by atoms with Gasteiger partial charge in [-0.25, -0.2) is 14.6 Å². The van der Waals surface area contributed by atoms with Crippen molar-refractivity contribution in [1.82, 2.24) is 15.2 Å². The number of rotatable bonds is 9. The molecule has 4 rings (SSSR count). The van der Waals surface area contributed by atoms with E-state index in [9.17, 15) is 34.5 Å². The molecule has 242 valence electrons. The van der Waals surface area contributed by atoms with Crippen LogP contribution in [0.2, 0.25) is 10.0 Å². The van der Waals surface area contributed by atoms with Crippen LogP contribution in [-0.4, -0.2) is 83.0 Å². The number of benzene rings is 1. The van der Waals surface area contributed by atoms with E-state index in [1.807, 2.05) is 0 Å². The zero-order valence-corrected chi connectivity index (χ0v) is 27.7. The summed E-state index contributed by atoms with van der Waals surface area (Å²) in [5.41, 5.74) is 3.20. The van der Waals surface area contributed by atoms with Gasteiger partial charge in [0.1, 0.15) is 28.4 Å². The van der Waals surface area contributed by atoms with Crippen LogP contribution in [0.3, 0.4) is 0 Å². The fraction of sp³-hybridized carbons (Fsp3) is 0.407. The normalized spacial score (nSPS) is 18.7. The number of fused-ring (bicyclic) bond motifs is 1. The Hall–Kier alpha value is -3.73. The van der Waals surface area contributed by atoms with E-state index in [0.29, 0.717) is 5.57 Å². The Kier molecular flexibility index (Phi) is 9.54. The number of aromatic hydroxyl groups is 2. The van der Waals surface area contributed by atoms with E-state index in [-0.39, 0.29) is 50.0 Å². The third-order valence-corrected chi connectivity index (χ3v) is 9.14. The molecule has 0 saturated carbocycles. The number of amides is 2. The number of phenols is 2. The number of carboxylic acids is 1. The number of carbonyl (C=O) groups excluding carboxylic acids is 3. The minimum Gasteiger partial charge on any atom is -0.503 e. The van der Waals surface area contributed by atoms with Crippen LogP contribution in [-0.2, 0) is 35.2 Å². The van der Waals surface area contributed by atoms with E-state index in [1.54, 1.807) is 20.8 Å². The lowest BCUT2D eigenvalue weighted by atomic mass is 9.98. The minimum atomic E-state index is -1.61. The number of nitrogens with two attached hydrogens (primary N) is 1.